The van der Waals surface area contributed by atoms with Crippen LogP contribution in [0.2, 0.25) is 0 Å². The first-order chi connectivity index (χ1) is 16.1. The van der Waals surface area contributed by atoms with Crippen molar-refractivity contribution in [2.45, 2.75) is 62.9 Å². The number of aryl methyl sites for hydroxylation is 1. The molecule has 1 aliphatic heterocycles. The highest BCUT2D eigenvalue weighted by Crippen LogP contribution is 2.44. The largest absolute Gasteiger partial charge is 0.416 e. The van der Waals surface area contributed by atoms with Gasteiger partial charge in [-0.3, -0.25) is 4.31 Å². The maximum Gasteiger partial charge on any atom is 0.416 e. The molecule has 0 amide bonds. The molecule has 0 spiro atoms. The van der Waals surface area contributed by atoms with Crippen LogP contribution in [0.15, 0.2) is 71.6 Å². The lowest BCUT2D eigenvalue weighted by Crippen LogP contribution is -2.30. The van der Waals surface area contributed by atoms with Crippen LogP contribution >= 0.6 is 0 Å². The van der Waals surface area contributed by atoms with Gasteiger partial charge in [0.15, 0.2) is 11.0 Å². The summed E-state index contributed by atoms with van der Waals surface area (Å²) in [5.41, 5.74) is 3.90. The first kappa shape index (κ1) is 24.5. The van der Waals surface area contributed by atoms with E-state index in [0.29, 0.717) is 6.54 Å². The van der Waals surface area contributed by atoms with Crippen LogP contribution in [0.5, 0.6) is 0 Å². The van der Waals surface area contributed by atoms with E-state index in [0.717, 1.165) is 52.2 Å². The summed E-state index contributed by atoms with van der Waals surface area (Å²) >= 11 is 0. The standard InChI is InChI=1S/C28H30F3NOS/c1-4-5-6-7-20-8-15-24(16-9-20)34(33)32-19-27(2,3)25-18-22(12-17-26(25)32)21-10-13-23(14-11-21)28(29,30)31/h8-18H,4-7,19H2,1-3H3. The Bertz CT molecular complexity index is 1170. The number of alkyl halides is 3. The van der Waals surface area contributed by atoms with Crippen molar-refractivity contribution in [2.24, 2.45) is 0 Å². The number of fused-ring (bicyclic) bond motifs is 1. The maximum absolute atomic E-state index is 13.5. The lowest BCUT2D eigenvalue weighted by Gasteiger charge is -2.21. The minimum atomic E-state index is -4.35. The zero-order chi connectivity index (χ0) is 24.5. The van der Waals surface area contributed by atoms with Crippen molar-refractivity contribution in [1.82, 2.24) is 0 Å². The highest BCUT2D eigenvalue weighted by atomic mass is 32.2. The van der Waals surface area contributed by atoms with E-state index in [1.165, 1.54) is 30.5 Å². The number of unbranched alkanes of at least 4 members (excludes halogenated alkanes) is 2. The Kier molecular flexibility index (Phi) is 6.90. The van der Waals surface area contributed by atoms with Crippen LogP contribution in [-0.2, 0) is 29.0 Å². The van der Waals surface area contributed by atoms with E-state index in [9.17, 15) is 17.4 Å². The van der Waals surface area contributed by atoms with Gasteiger partial charge in [0.1, 0.15) is 0 Å². The normalized spacial score (nSPS) is 15.9. The van der Waals surface area contributed by atoms with Gasteiger partial charge in [0.25, 0.3) is 0 Å². The fourth-order valence-corrected chi connectivity index (χ4v) is 5.88. The molecule has 0 aromatic heterocycles. The lowest BCUT2D eigenvalue weighted by atomic mass is 9.85. The maximum atomic E-state index is 13.5. The molecule has 0 saturated carbocycles. The molecule has 3 aromatic carbocycles. The van der Waals surface area contributed by atoms with Crippen molar-refractivity contribution in [1.29, 1.82) is 0 Å². The van der Waals surface area contributed by atoms with Crippen molar-refractivity contribution < 1.29 is 17.4 Å². The van der Waals surface area contributed by atoms with Crippen LogP contribution in [0.25, 0.3) is 11.1 Å². The molecule has 0 N–H and O–H groups in total. The molecule has 1 aliphatic rings. The Labute approximate surface area is 202 Å². The quantitative estimate of drug-likeness (QED) is 0.311. The van der Waals surface area contributed by atoms with Crippen molar-refractivity contribution in [3.63, 3.8) is 0 Å². The molecule has 3 aromatic rings. The Morgan fingerprint density at radius 3 is 2.18 bits per heavy atom. The highest BCUT2D eigenvalue weighted by molar-refractivity contribution is 7.86. The van der Waals surface area contributed by atoms with Gasteiger partial charge in [0, 0.05) is 12.0 Å². The highest BCUT2D eigenvalue weighted by Gasteiger charge is 2.38. The molecule has 0 fully saturated rings. The lowest BCUT2D eigenvalue weighted by molar-refractivity contribution is -0.137. The summed E-state index contributed by atoms with van der Waals surface area (Å²) in [6, 6.07) is 19.1. The number of nitrogens with zero attached hydrogens (tertiary/aromatic N) is 1. The summed E-state index contributed by atoms with van der Waals surface area (Å²) in [6.45, 7) is 7.00. The van der Waals surface area contributed by atoms with Crippen molar-refractivity contribution in [3.8, 4) is 11.1 Å². The van der Waals surface area contributed by atoms with Gasteiger partial charge >= 0.3 is 6.18 Å². The van der Waals surface area contributed by atoms with E-state index in [4.69, 9.17) is 0 Å². The van der Waals surface area contributed by atoms with Crippen LogP contribution in [-0.4, -0.2) is 10.8 Å². The van der Waals surface area contributed by atoms with Crippen LogP contribution in [0.4, 0.5) is 18.9 Å². The summed E-state index contributed by atoms with van der Waals surface area (Å²) in [6.07, 6.45) is 0.242. The van der Waals surface area contributed by atoms with E-state index >= 15 is 0 Å². The van der Waals surface area contributed by atoms with E-state index in [2.05, 4.69) is 32.9 Å². The third-order valence-corrected chi connectivity index (χ3v) is 7.87. The van der Waals surface area contributed by atoms with E-state index in [-0.39, 0.29) is 5.41 Å². The van der Waals surface area contributed by atoms with Crippen LogP contribution in [0.3, 0.4) is 0 Å². The first-order valence-corrected chi connectivity index (χ1v) is 12.8. The molecule has 4 rings (SSSR count). The third kappa shape index (κ3) is 5.07. The number of rotatable bonds is 7. The minimum Gasteiger partial charge on any atom is -0.287 e. The summed E-state index contributed by atoms with van der Waals surface area (Å²) in [7, 11) is -1.34. The Hall–Kier alpha value is -2.60. The second-order valence-corrected chi connectivity index (χ2v) is 11.0. The van der Waals surface area contributed by atoms with E-state index in [1.54, 1.807) is 0 Å². The summed E-state index contributed by atoms with van der Waals surface area (Å²) < 4.78 is 54.2. The zero-order valence-electron chi connectivity index (χ0n) is 19.8. The monoisotopic (exact) mass is 485 g/mol. The average molecular weight is 486 g/mol. The molecular weight excluding hydrogens is 455 g/mol. The van der Waals surface area contributed by atoms with Gasteiger partial charge in [0.05, 0.1) is 16.1 Å². The average Bonchev–Trinajstić information content (AvgIpc) is 3.09. The van der Waals surface area contributed by atoms with Gasteiger partial charge < -0.3 is 0 Å². The second kappa shape index (κ2) is 9.57. The molecule has 1 heterocycles. The second-order valence-electron chi connectivity index (χ2n) is 9.58. The smallest absolute Gasteiger partial charge is 0.287 e. The molecule has 0 radical (unpaired) electrons. The molecule has 0 aliphatic carbocycles. The fraction of sp³-hybridized carbons (Fsp3) is 0.357. The van der Waals surface area contributed by atoms with E-state index in [1.807, 2.05) is 34.6 Å². The topological polar surface area (TPSA) is 20.3 Å². The molecule has 6 heteroatoms. The Morgan fingerprint density at radius 1 is 0.912 bits per heavy atom. The summed E-state index contributed by atoms with van der Waals surface area (Å²) in [5.74, 6) is 0. The predicted octanol–water partition coefficient (Wildman–Crippen LogP) is 7.93. The molecule has 0 bridgehead atoms. The van der Waals surface area contributed by atoms with Crippen LogP contribution in [0.1, 0.15) is 56.7 Å². The Morgan fingerprint density at radius 2 is 1.56 bits per heavy atom. The van der Waals surface area contributed by atoms with Crippen molar-refractivity contribution in [2.75, 3.05) is 10.8 Å². The number of hydrogen-bond acceptors (Lipinski definition) is 1. The van der Waals surface area contributed by atoms with Gasteiger partial charge in [-0.2, -0.15) is 13.2 Å². The molecule has 34 heavy (non-hydrogen) atoms. The molecule has 1 atom stereocenters. The predicted molar refractivity (Wildman–Crippen MR) is 133 cm³/mol. The van der Waals surface area contributed by atoms with Crippen LogP contribution in [0, 0.1) is 0 Å². The van der Waals surface area contributed by atoms with Crippen molar-refractivity contribution in [3.05, 3.63) is 83.4 Å². The molecular formula is C28H30F3NOS. The SMILES string of the molecule is CCCCCc1ccc(S(=O)N2CC(C)(C)c3cc(-c4ccc(C(F)(F)F)cc4)ccc32)cc1. The van der Waals surface area contributed by atoms with Gasteiger partial charge in [-0.1, -0.05) is 63.9 Å². The number of halogens is 3. The number of benzene rings is 3. The molecule has 180 valence electrons. The van der Waals surface area contributed by atoms with Gasteiger partial charge in [-0.15, -0.1) is 0 Å². The zero-order valence-corrected chi connectivity index (χ0v) is 20.6. The van der Waals surface area contributed by atoms with Crippen molar-refractivity contribution >= 4 is 16.7 Å². The number of anilines is 1. The minimum absolute atomic E-state index is 0.243. The summed E-state index contributed by atoms with van der Waals surface area (Å²) in [5, 5.41) is 0. The summed E-state index contributed by atoms with van der Waals surface area (Å²) in [4.78, 5) is 0.773. The molecule has 2 nitrogen and oxygen atoms in total. The van der Waals surface area contributed by atoms with E-state index < -0.39 is 22.7 Å². The van der Waals surface area contributed by atoms with Gasteiger partial charge in [0.2, 0.25) is 0 Å². The van der Waals surface area contributed by atoms with Gasteiger partial charge in [-0.25, -0.2) is 4.21 Å². The number of hydrogen-bond donors (Lipinski definition) is 0. The molecule has 1 unspecified atom stereocenters. The third-order valence-electron chi connectivity index (χ3n) is 6.47. The van der Waals surface area contributed by atoms with Crippen LogP contribution < -0.4 is 4.31 Å². The molecule has 0 saturated heterocycles. The Balaban J connectivity index is 1.58. The van der Waals surface area contributed by atoms with Gasteiger partial charge in [-0.05, 0) is 71.5 Å². The fourth-order valence-electron chi connectivity index (χ4n) is 4.48. The first-order valence-electron chi connectivity index (χ1n) is 11.7.